The van der Waals surface area contributed by atoms with Gasteiger partial charge in [-0.05, 0) is 25.1 Å². The van der Waals surface area contributed by atoms with Gasteiger partial charge in [0.25, 0.3) is 0 Å². The molecule has 0 saturated carbocycles. The molecule has 0 spiro atoms. The van der Waals surface area contributed by atoms with Crippen LogP contribution in [0.4, 0.5) is 5.69 Å². The second kappa shape index (κ2) is 4.98. The molecule has 1 heterocycles. The van der Waals surface area contributed by atoms with Crippen molar-refractivity contribution in [3.63, 3.8) is 0 Å². The Balaban J connectivity index is 2.34. The number of morpholine rings is 1. The van der Waals surface area contributed by atoms with Crippen molar-refractivity contribution in [1.82, 2.24) is 0 Å². The summed E-state index contributed by atoms with van der Waals surface area (Å²) in [7, 11) is 0. The van der Waals surface area contributed by atoms with Crippen LogP contribution in [0, 0.1) is 11.3 Å². The minimum atomic E-state index is -0.0185. The molecule has 88 valence electrons. The smallest absolute Gasteiger partial charge is 0.159 e. The number of ether oxygens (including phenoxy) is 1. The van der Waals surface area contributed by atoms with Crippen molar-refractivity contribution < 1.29 is 9.53 Å². The van der Waals surface area contributed by atoms with Gasteiger partial charge in [0.1, 0.15) is 6.07 Å². The summed E-state index contributed by atoms with van der Waals surface area (Å²) in [4.78, 5) is 13.4. The van der Waals surface area contributed by atoms with E-state index in [0.717, 1.165) is 18.8 Å². The molecule has 1 aliphatic heterocycles. The highest BCUT2D eigenvalue weighted by Crippen LogP contribution is 2.22. The van der Waals surface area contributed by atoms with Crippen LogP contribution in [-0.4, -0.2) is 32.1 Å². The van der Waals surface area contributed by atoms with E-state index in [2.05, 4.69) is 11.0 Å². The first-order valence-electron chi connectivity index (χ1n) is 5.60. The molecule has 4 heteroatoms. The largest absolute Gasteiger partial charge is 0.378 e. The van der Waals surface area contributed by atoms with Gasteiger partial charge in [-0.1, -0.05) is 0 Å². The summed E-state index contributed by atoms with van der Waals surface area (Å²) in [5.74, 6) is -0.0185. The van der Waals surface area contributed by atoms with Crippen LogP contribution in [0.5, 0.6) is 0 Å². The molecule has 0 atom stereocenters. The Labute approximate surface area is 100 Å². The Hall–Kier alpha value is -1.86. The number of anilines is 1. The van der Waals surface area contributed by atoms with Crippen LogP contribution >= 0.6 is 0 Å². The maximum absolute atomic E-state index is 11.3. The Morgan fingerprint density at radius 2 is 2.12 bits per heavy atom. The van der Waals surface area contributed by atoms with Gasteiger partial charge in [-0.2, -0.15) is 5.26 Å². The first-order valence-corrected chi connectivity index (χ1v) is 5.60. The first kappa shape index (κ1) is 11.6. The predicted octanol–water partition coefficient (Wildman–Crippen LogP) is 1.60. The summed E-state index contributed by atoms with van der Waals surface area (Å²) in [6.45, 7) is 4.44. The van der Waals surface area contributed by atoms with Gasteiger partial charge in [0.2, 0.25) is 0 Å². The average molecular weight is 230 g/mol. The molecule has 0 N–H and O–H groups in total. The third-order valence-electron chi connectivity index (χ3n) is 2.88. The summed E-state index contributed by atoms with van der Waals surface area (Å²) in [5, 5.41) is 9.14. The zero-order valence-corrected chi connectivity index (χ0v) is 9.77. The van der Waals surface area contributed by atoms with E-state index in [0.29, 0.717) is 24.3 Å². The van der Waals surface area contributed by atoms with Crippen molar-refractivity contribution in [3.8, 4) is 6.07 Å². The van der Waals surface area contributed by atoms with E-state index in [4.69, 9.17) is 10.00 Å². The lowest BCUT2D eigenvalue weighted by molar-refractivity contribution is 0.101. The molecule has 2 rings (SSSR count). The fourth-order valence-electron chi connectivity index (χ4n) is 1.92. The predicted molar refractivity (Wildman–Crippen MR) is 64.2 cm³/mol. The van der Waals surface area contributed by atoms with Crippen LogP contribution < -0.4 is 4.90 Å². The molecular formula is C13H14N2O2. The lowest BCUT2D eigenvalue weighted by atomic mass is 10.1. The van der Waals surface area contributed by atoms with Gasteiger partial charge in [0.15, 0.2) is 5.78 Å². The highest BCUT2D eigenvalue weighted by Gasteiger charge is 2.15. The number of nitrogens with zero attached hydrogens (tertiary/aromatic N) is 2. The molecule has 0 amide bonds. The maximum Gasteiger partial charge on any atom is 0.159 e. The van der Waals surface area contributed by atoms with Gasteiger partial charge in [-0.25, -0.2) is 0 Å². The van der Waals surface area contributed by atoms with Crippen molar-refractivity contribution >= 4 is 11.5 Å². The van der Waals surface area contributed by atoms with Crippen molar-refractivity contribution in [1.29, 1.82) is 5.26 Å². The molecule has 0 unspecified atom stereocenters. The normalized spacial score (nSPS) is 15.4. The van der Waals surface area contributed by atoms with Crippen LogP contribution in [-0.2, 0) is 4.74 Å². The summed E-state index contributed by atoms with van der Waals surface area (Å²) in [5.41, 5.74) is 2.03. The van der Waals surface area contributed by atoms with Gasteiger partial charge in [-0.15, -0.1) is 0 Å². The van der Waals surface area contributed by atoms with Gasteiger partial charge < -0.3 is 9.64 Å². The highest BCUT2D eigenvalue weighted by molar-refractivity contribution is 5.95. The van der Waals surface area contributed by atoms with Crippen LogP contribution in [0.25, 0.3) is 0 Å². The van der Waals surface area contributed by atoms with Crippen LogP contribution in [0.2, 0.25) is 0 Å². The van der Waals surface area contributed by atoms with E-state index in [1.54, 1.807) is 12.1 Å². The Morgan fingerprint density at radius 1 is 1.41 bits per heavy atom. The number of rotatable bonds is 2. The van der Waals surface area contributed by atoms with E-state index in [-0.39, 0.29) is 5.78 Å². The van der Waals surface area contributed by atoms with E-state index < -0.39 is 0 Å². The number of ketones is 1. The summed E-state index contributed by atoms with van der Waals surface area (Å²) in [6.07, 6.45) is 0. The third kappa shape index (κ3) is 2.45. The van der Waals surface area contributed by atoms with E-state index >= 15 is 0 Å². The van der Waals surface area contributed by atoms with Crippen LogP contribution in [0.15, 0.2) is 18.2 Å². The fourth-order valence-corrected chi connectivity index (χ4v) is 1.92. The van der Waals surface area contributed by atoms with Gasteiger partial charge >= 0.3 is 0 Å². The molecule has 1 aromatic carbocycles. The maximum atomic E-state index is 11.3. The molecule has 0 radical (unpaired) electrons. The topological polar surface area (TPSA) is 53.3 Å². The SMILES string of the molecule is CC(=O)c1ccc(N2CCOCC2)c(C#N)c1. The number of benzene rings is 1. The summed E-state index contributed by atoms with van der Waals surface area (Å²) < 4.78 is 5.28. The molecule has 0 aliphatic carbocycles. The lowest BCUT2D eigenvalue weighted by Crippen LogP contribution is -2.36. The second-order valence-corrected chi connectivity index (χ2v) is 4.00. The third-order valence-corrected chi connectivity index (χ3v) is 2.88. The highest BCUT2D eigenvalue weighted by atomic mass is 16.5. The Kier molecular flexibility index (Phi) is 3.40. The second-order valence-electron chi connectivity index (χ2n) is 4.00. The Bertz CT molecular complexity index is 471. The first-order chi connectivity index (χ1) is 8.22. The standard InChI is InChI=1S/C13H14N2O2/c1-10(16)11-2-3-13(12(8-11)9-14)15-4-6-17-7-5-15/h2-3,8H,4-7H2,1H3. The van der Waals surface area contributed by atoms with Gasteiger partial charge in [-0.3, -0.25) is 4.79 Å². The van der Waals surface area contributed by atoms with Crippen molar-refractivity contribution in [2.24, 2.45) is 0 Å². The van der Waals surface area contributed by atoms with Crippen molar-refractivity contribution in [2.45, 2.75) is 6.92 Å². The lowest BCUT2D eigenvalue weighted by Gasteiger charge is -2.29. The number of hydrogen-bond donors (Lipinski definition) is 0. The minimum Gasteiger partial charge on any atom is -0.378 e. The Morgan fingerprint density at radius 3 is 2.71 bits per heavy atom. The number of hydrogen-bond acceptors (Lipinski definition) is 4. The van der Waals surface area contributed by atoms with Gasteiger partial charge in [0, 0.05) is 18.7 Å². The summed E-state index contributed by atoms with van der Waals surface area (Å²) in [6, 6.07) is 7.43. The molecular weight excluding hydrogens is 216 g/mol. The number of carbonyl (C=O) groups is 1. The number of Topliss-reactive ketones (excluding diaryl/α,β-unsaturated/α-hetero) is 1. The van der Waals surface area contributed by atoms with Gasteiger partial charge in [0.05, 0.1) is 24.5 Å². The minimum absolute atomic E-state index is 0.0185. The molecule has 1 fully saturated rings. The monoisotopic (exact) mass is 230 g/mol. The van der Waals surface area contributed by atoms with E-state index in [9.17, 15) is 4.79 Å². The molecule has 4 nitrogen and oxygen atoms in total. The van der Waals surface area contributed by atoms with Crippen molar-refractivity contribution in [3.05, 3.63) is 29.3 Å². The van der Waals surface area contributed by atoms with Crippen LogP contribution in [0.1, 0.15) is 22.8 Å². The van der Waals surface area contributed by atoms with E-state index in [1.165, 1.54) is 6.92 Å². The van der Waals surface area contributed by atoms with Crippen LogP contribution in [0.3, 0.4) is 0 Å². The zero-order chi connectivity index (χ0) is 12.3. The molecule has 1 saturated heterocycles. The van der Waals surface area contributed by atoms with E-state index in [1.807, 2.05) is 6.07 Å². The molecule has 1 aliphatic rings. The number of carbonyl (C=O) groups excluding carboxylic acids is 1. The fraction of sp³-hybridized carbons (Fsp3) is 0.385. The summed E-state index contributed by atoms with van der Waals surface area (Å²) >= 11 is 0. The zero-order valence-electron chi connectivity index (χ0n) is 9.77. The number of nitriles is 1. The molecule has 0 bridgehead atoms. The van der Waals surface area contributed by atoms with Crippen molar-refractivity contribution in [2.75, 3.05) is 31.2 Å². The molecule has 0 aromatic heterocycles. The molecule has 1 aromatic rings. The quantitative estimate of drug-likeness (QED) is 0.724. The molecule has 17 heavy (non-hydrogen) atoms. The average Bonchev–Trinajstić information content (AvgIpc) is 2.39.